The van der Waals surface area contributed by atoms with Gasteiger partial charge in [-0.1, -0.05) is 12.1 Å². The lowest BCUT2D eigenvalue weighted by atomic mass is 10.2. The van der Waals surface area contributed by atoms with Gasteiger partial charge in [0.25, 0.3) is 5.91 Å². The van der Waals surface area contributed by atoms with Crippen molar-refractivity contribution in [1.29, 1.82) is 0 Å². The molecule has 2 aromatic heterocycles. The van der Waals surface area contributed by atoms with Crippen LogP contribution in [0.2, 0.25) is 0 Å². The van der Waals surface area contributed by atoms with Gasteiger partial charge in [-0.2, -0.15) is 10.2 Å². The smallest absolute Gasteiger partial charge is 0.277 e. The third-order valence-corrected chi connectivity index (χ3v) is 5.13. The lowest BCUT2D eigenvalue weighted by Crippen LogP contribution is -2.12. The normalized spacial score (nSPS) is 10.6. The molecule has 124 valence electrons. The zero-order valence-electron chi connectivity index (χ0n) is 12.6. The number of aromatic amines is 1. The molecule has 0 atom stereocenters. The van der Waals surface area contributed by atoms with Crippen molar-refractivity contribution in [3.63, 3.8) is 0 Å². The average Bonchev–Trinajstić information content (AvgIpc) is 3.15. The Hall–Kier alpha value is -2.13. The number of benzene rings is 1. The Balaban J connectivity index is 1.69. The Morgan fingerprint density at radius 1 is 1.42 bits per heavy atom. The summed E-state index contributed by atoms with van der Waals surface area (Å²) in [5.41, 5.74) is 1.91. The summed E-state index contributed by atoms with van der Waals surface area (Å²) in [6.45, 7) is 0.574. The number of ether oxygens (including phenoxy) is 1. The summed E-state index contributed by atoms with van der Waals surface area (Å²) in [5.74, 6) is 0.465. The SMILES string of the molecule is COc1cccc(Cn2cc(NC(=O)c3n[nH]c(Br)c3Br)cn2)c1. The van der Waals surface area contributed by atoms with Crippen LogP contribution >= 0.6 is 31.9 Å². The number of rotatable bonds is 5. The molecule has 1 aromatic carbocycles. The topological polar surface area (TPSA) is 84.8 Å². The first-order valence-corrected chi connectivity index (χ1v) is 8.51. The summed E-state index contributed by atoms with van der Waals surface area (Å²) in [4.78, 5) is 12.2. The summed E-state index contributed by atoms with van der Waals surface area (Å²) in [6.07, 6.45) is 3.35. The van der Waals surface area contributed by atoms with Gasteiger partial charge >= 0.3 is 0 Å². The molecule has 0 aliphatic rings. The Labute approximate surface area is 154 Å². The molecule has 24 heavy (non-hydrogen) atoms. The molecule has 0 unspecified atom stereocenters. The van der Waals surface area contributed by atoms with Gasteiger partial charge in [-0.05, 0) is 49.6 Å². The second kappa shape index (κ2) is 7.18. The minimum atomic E-state index is -0.329. The third-order valence-electron chi connectivity index (χ3n) is 3.25. The zero-order valence-corrected chi connectivity index (χ0v) is 15.8. The van der Waals surface area contributed by atoms with Crippen LogP contribution in [0.4, 0.5) is 5.69 Å². The van der Waals surface area contributed by atoms with Crippen LogP contribution in [0, 0.1) is 0 Å². The van der Waals surface area contributed by atoms with E-state index in [0.29, 0.717) is 21.3 Å². The highest BCUT2D eigenvalue weighted by Crippen LogP contribution is 2.24. The number of methoxy groups -OCH3 is 1. The molecule has 2 N–H and O–H groups in total. The second-order valence-corrected chi connectivity index (χ2v) is 6.52. The van der Waals surface area contributed by atoms with Gasteiger partial charge in [0.15, 0.2) is 5.69 Å². The third kappa shape index (κ3) is 3.68. The predicted octanol–water partition coefficient (Wildman–Crippen LogP) is 3.44. The molecule has 0 fully saturated rings. The van der Waals surface area contributed by atoms with E-state index < -0.39 is 0 Å². The van der Waals surface area contributed by atoms with Crippen molar-refractivity contribution in [2.75, 3.05) is 12.4 Å². The number of amides is 1. The molecule has 7 nitrogen and oxygen atoms in total. The van der Waals surface area contributed by atoms with Crippen LogP contribution in [0.1, 0.15) is 16.1 Å². The molecule has 3 rings (SSSR count). The molecule has 0 aliphatic carbocycles. The first-order chi connectivity index (χ1) is 11.6. The van der Waals surface area contributed by atoms with E-state index >= 15 is 0 Å². The molecular formula is C15H13Br2N5O2. The van der Waals surface area contributed by atoms with Gasteiger partial charge in [-0.15, -0.1) is 0 Å². The van der Waals surface area contributed by atoms with E-state index in [0.717, 1.165) is 11.3 Å². The molecule has 0 bridgehead atoms. The van der Waals surface area contributed by atoms with Gasteiger partial charge in [0.2, 0.25) is 0 Å². The van der Waals surface area contributed by atoms with E-state index in [1.165, 1.54) is 0 Å². The van der Waals surface area contributed by atoms with Crippen LogP contribution in [0.15, 0.2) is 45.7 Å². The minimum Gasteiger partial charge on any atom is -0.497 e. The second-order valence-electron chi connectivity index (χ2n) is 4.93. The highest BCUT2D eigenvalue weighted by Gasteiger charge is 2.17. The van der Waals surface area contributed by atoms with Crippen LogP contribution in [-0.2, 0) is 6.54 Å². The molecule has 0 spiro atoms. The van der Waals surface area contributed by atoms with Crippen molar-refractivity contribution in [2.24, 2.45) is 0 Å². The first-order valence-electron chi connectivity index (χ1n) is 6.93. The van der Waals surface area contributed by atoms with E-state index in [2.05, 4.69) is 52.5 Å². The largest absolute Gasteiger partial charge is 0.497 e. The number of carbonyl (C=O) groups is 1. The summed E-state index contributed by atoms with van der Waals surface area (Å²) in [7, 11) is 1.63. The van der Waals surface area contributed by atoms with Crippen LogP contribution in [0.25, 0.3) is 0 Å². The number of nitrogens with one attached hydrogen (secondary N) is 2. The van der Waals surface area contributed by atoms with Gasteiger partial charge in [0.05, 0.1) is 30.0 Å². The van der Waals surface area contributed by atoms with E-state index in [1.807, 2.05) is 24.3 Å². The van der Waals surface area contributed by atoms with Crippen molar-refractivity contribution < 1.29 is 9.53 Å². The van der Waals surface area contributed by atoms with Gasteiger partial charge < -0.3 is 10.1 Å². The average molecular weight is 455 g/mol. The van der Waals surface area contributed by atoms with Crippen molar-refractivity contribution in [3.8, 4) is 5.75 Å². The molecule has 9 heteroatoms. The minimum absolute atomic E-state index is 0.266. The Morgan fingerprint density at radius 2 is 2.25 bits per heavy atom. The fourth-order valence-electron chi connectivity index (χ4n) is 2.12. The fourth-order valence-corrected chi connectivity index (χ4v) is 2.75. The highest BCUT2D eigenvalue weighted by molar-refractivity contribution is 9.13. The summed E-state index contributed by atoms with van der Waals surface area (Å²) >= 11 is 6.54. The van der Waals surface area contributed by atoms with Gasteiger partial charge in [0, 0.05) is 6.20 Å². The van der Waals surface area contributed by atoms with E-state index in [4.69, 9.17) is 4.74 Å². The van der Waals surface area contributed by atoms with Crippen molar-refractivity contribution in [2.45, 2.75) is 6.54 Å². The first kappa shape index (κ1) is 16.7. The summed E-state index contributed by atoms with van der Waals surface area (Å²) in [6, 6.07) is 7.74. The van der Waals surface area contributed by atoms with Crippen LogP contribution in [-0.4, -0.2) is 33.0 Å². The number of hydrogen-bond acceptors (Lipinski definition) is 4. The van der Waals surface area contributed by atoms with Gasteiger partial charge in [0.1, 0.15) is 10.4 Å². The molecule has 0 saturated carbocycles. The van der Waals surface area contributed by atoms with Crippen molar-refractivity contribution >= 4 is 43.5 Å². The van der Waals surface area contributed by atoms with Gasteiger partial charge in [-0.25, -0.2) is 0 Å². The zero-order chi connectivity index (χ0) is 17.1. The number of H-pyrrole nitrogens is 1. The van der Waals surface area contributed by atoms with Crippen LogP contribution in [0.3, 0.4) is 0 Å². The highest BCUT2D eigenvalue weighted by atomic mass is 79.9. The summed E-state index contributed by atoms with van der Waals surface area (Å²) in [5, 5.41) is 13.6. The quantitative estimate of drug-likeness (QED) is 0.618. The maximum Gasteiger partial charge on any atom is 0.277 e. The predicted molar refractivity (Wildman–Crippen MR) is 96.3 cm³/mol. The molecule has 0 saturated heterocycles. The maximum absolute atomic E-state index is 12.2. The Bertz CT molecular complexity index is 874. The van der Waals surface area contributed by atoms with E-state index in [9.17, 15) is 4.79 Å². The standard InChI is InChI=1S/C15H13Br2N5O2/c1-24-11-4-2-3-9(5-11)7-22-8-10(6-18-22)19-15(23)13-12(16)14(17)21-20-13/h2-6,8H,7H2,1H3,(H,19,23)(H,20,21). The number of carbonyl (C=O) groups excluding carboxylic acids is 1. The van der Waals surface area contributed by atoms with Crippen molar-refractivity contribution in [3.05, 3.63) is 57.0 Å². The number of anilines is 1. The molecule has 1 amide bonds. The summed E-state index contributed by atoms with van der Waals surface area (Å²) < 4.78 is 8.13. The molecular weight excluding hydrogens is 442 g/mol. The Kier molecular flexibility index (Phi) is 5.00. The molecule has 0 aliphatic heterocycles. The van der Waals surface area contributed by atoms with Crippen molar-refractivity contribution in [1.82, 2.24) is 20.0 Å². The number of hydrogen-bond donors (Lipinski definition) is 2. The molecule has 2 heterocycles. The number of halogens is 2. The van der Waals surface area contributed by atoms with E-state index in [-0.39, 0.29) is 11.6 Å². The lowest BCUT2D eigenvalue weighted by molar-refractivity contribution is 0.102. The lowest BCUT2D eigenvalue weighted by Gasteiger charge is -2.04. The van der Waals surface area contributed by atoms with Gasteiger partial charge in [-0.3, -0.25) is 14.6 Å². The van der Waals surface area contributed by atoms with Crippen LogP contribution in [0.5, 0.6) is 5.75 Å². The van der Waals surface area contributed by atoms with Crippen LogP contribution < -0.4 is 10.1 Å². The maximum atomic E-state index is 12.2. The number of nitrogens with zero attached hydrogens (tertiary/aromatic N) is 3. The molecule has 3 aromatic rings. The monoisotopic (exact) mass is 453 g/mol. The molecule has 0 radical (unpaired) electrons. The number of aromatic nitrogens is 4. The van der Waals surface area contributed by atoms with E-state index in [1.54, 1.807) is 24.2 Å². The fraction of sp³-hybridized carbons (Fsp3) is 0.133. The Morgan fingerprint density at radius 3 is 2.96 bits per heavy atom.